The van der Waals surface area contributed by atoms with Crippen LogP contribution in [0.1, 0.15) is 10.4 Å². The number of hydrogen-bond acceptors (Lipinski definition) is 4. The summed E-state index contributed by atoms with van der Waals surface area (Å²) >= 11 is 0. The zero-order valence-corrected chi connectivity index (χ0v) is 8.84. The molecule has 0 heterocycles. The van der Waals surface area contributed by atoms with E-state index in [9.17, 15) is 13.6 Å². The largest absolute Gasteiger partial charge is 0.494 e. The van der Waals surface area contributed by atoms with Crippen LogP contribution in [0.5, 0.6) is 11.5 Å². The third-order valence-corrected chi connectivity index (χ3v) is 2.04. The third-order valence-electron chi connectivity index (χ3n) is 2.04. The summed E-state index contributed by atoms with van der Waals surface area (Å²) in [4.78, 5) is 11.3. The molecule has 1 rings (SSSR count). The van der Waals surface area contributed by atoms with E-state index in [0.29, 0.717) is 0 Å². The van der Waals surface area contributed by atoms with E-state index in [-0.39, 0.29) is 11.5 Å². The third kappa shape index (κ3) is 1.96. The predicted molar refractivity (Wildman–Crippen MR) is 52.8 cm³/mol. The highest BCUT2D eigenvalue weighted by Crippen LogP contribution is 2.31. The van der Waals surface area contributed by atoms with E-state index in [1.54, 1.807) is 0 Å². The molecule has 0 aliphatic rings. The van der Waals surface area contributed by atoms with E-state index in [1.807, 2.05) is 0 Å². The van der Waals surface area contributed by atoms with Crippen LogP contribution in [-0.2, 0) is 0 Å². The smallest absolute Gasteiger partial charge is 0.182 e. The van der Waals surface area contributed by atoms with Crippen molar-refractivity contribution in [2.24, 2.45) is 5.73 Å². The van der Waals surface area contributed by atoms with Gasteiger partial charge in [0.1, 0.15) is 0 Å². The lowest BCUT2D eigenvalue weighted by molar-refractivity contribution is 0.0991. The number of ether oxygens (including phenoxy) is 2. The van der Waals surface area contributed by atoms with Crippen LogP contribution in [0.3, 0.4) is 0 Å². The Morgan fingerprint density at radius 3 is 2.00 bits per heavy atom. The molecule has 0 saturated carbocycles. The molecule has 0 unspecified atom stereocenters. The van der Waals surface area contributed by atoms with Crippen LogP contribution in [0.15, 0.2) is 6.07 Å². The number of methoxy groups -OCH3 is 2. The van der Waals surface area contributed by atoms with Gasteiger partial charge in [0.2, 0.25) is 0 Å². The fourth-order valence-electron chi connectivity index (χ4n) is 1.23. The number of ketones is 1. The summed E-state index contributed by atoms with van der Waals surface area (Å²) in [5.41, 5.74) is 4.32. The zero-order valence-electron chi connectivity index (χ0n) is 8.84. The van der Waals surface area contributed by atoms with Crippen molar-refractivity contribution in [3.63, 3.8) is 0 Å². The number of nitrogens with two attached hydrogens (primary N) is 1. The van der Waals surface area contributed by atoms with Gasteiger partial charge in [-0.3, -0.25) is 4.79 Å². The molecule has 0 saturated heterocycles. The second-order valence-corrected chi connectivity index (χ2v) is 2.91. The summed E-state index contributed by atoms with van der Waals surface area (Å²) in [5, 5.41) is 0. The summed E-state index contributed by atoms with van der Waals surface area (Å²) in [6, 6.07) is 1.03. The Kier molecular flexibility index (Phi) is 3.78. The van der Waals surface area contributed by atoms with E-state index in [1.165, 1.54) is 14.2 Å². The quantitative estimate of drug-likeness (QED) is 0.789. The molecule has 0 amide bonds. The van der Waals surface area contributed by atoms with Gasteiger partial charge in [-0.05, 0) is 0 Å². The summed E-state index contributed by atoms with van der Waals surface area (Å²) < 4.78 is 36.5. The second-order valence-electron chi connectivity index (χ2n) is 2.91. The lowest BCUT2D eigenvalue weighted by Crippen LogP contribution is -2.18. The molecule has 16 heavy (non-hydrogen) atoms. The molecule has 0 aliphatic heterocycles. The normalized spacial score (nSPS) is 10.1. The number of carbonyl (C=O) groups is 1. The number of benzene rings is 1. The summed E-state index contributed by atoms with van der Waals surface area (Å²) in [6.45, 7) is -0.496. The SMILES string of the molecule is COc1cc(OC)c(F)c(C(=O)CN)c1F. The number of halogens is 2. The van der Waals surface area contributed by atoms with Gasteiger partial charge in [0.05, 0.1) is 26.3 Å². The molecule has 6 heteroatoms. The van der Waals surface area contributed by atoms with E-state index >= 15 is 0 Å². The number of Topliss-reactive ketones (excluding diaryl/α,β-unsaturated/α-hetero) is 1. The van der Waals surface area contributed by atoms with E-state index in [0.717, 1.165) is 6.07 Å². The standard InChI is InChI=1S/C10H11F2NO3/c1-15-6-3-7(16-2)10(12)8(9(6)11)5(14)4-13/h3H,4,13H2,1-2H3. The second kappa shape index (κ2) is 4.89. The zero-order chi connectivity index (χ0) is 12.3. The Balaban J connectivity index is 3.49. The maximum absolute atomic E-state index is 13.6. The van der Waals surface area contributed by atoms with Crippen LogP contribution in [-0.4, -0.2) is 26.5 Å². The molecule has 0 spiro atoms. The van der Waals surface area contributed by atoms with Crippen LogP contribution in [0, 0.1) is 11.6 Å². The van der Waals surface area contributed by atoms with Crippen molar-refractivity contribution in [1.29, 1.82) is 0 Å². The average molecular weight is 231 g/mol. The highest BCUT2D eigenvalue weighted by molar-refractivity contribution is 5.98. The van der Waals surface area contributed by atoms with Crippen LogP contribution in [0.2, 0.25) is 0 Å². The molecule has 0 bridgehead atoms. The molecule has 0 radical (unpaired) electrons. The van der Waals surface area contributed by atoms with Gasteiger partial charge in [0.15, 0.2) is 28.9 Å². The lowest BCUT2D eigenvalue weighted by Gasteiger charge is -2.10. The lowest BCUT2D eigenvalue weighted by atomic mass is 10.1. The van der Waals surface area contributed by atoms with Crippen molar-refractivity contribution >= 4 is 5.78 Å². The van der Waals surface area contributed by atoms with Crippen LogP contribution >= 0.6 is 0 Å². The van der Waals surface area contributed by atoms with Gasteiger partial charge >= 0.3 is 0 Å². The molecule has 1 aromatic carbocycles. The molecule has 0 atom stereocenters. The number of rotatable bonds is 4. The van der Waals surface area contributed by atoms with Crippen molar-refractivity contribution in [2.45, 2.75) is 0 Å². The predicted octanol–water partition coefficient (Wildman–Crippen LogP) is 1.12. The van der Waals surface area contributed by atoms with Crippen molar-refractivity contribution in [2.75, 3.05) is 20.8 Å². The Morgan fingerprint density at radius 1 is 1.25 bits per heavy atom. The molecular formula is C10H11F2NO3. The summed E-state index contributed by atoms with van der Waals surface area (Å²) in [7, 11) is 2.40. The first-order valence-corrected chi connectivity index (χ1v) is 4.40. The molecule has 0 aromatic heterocycles. The van der Waals surface area contributed by atoms with Crippen molar-refractivity contribution < 1.29 is 23.0 Å². The average Bonchev–Trinajstić information content (AvgIpc) is 2.29. The Hall–Kier alpha value is -1.69. The minimum absolute atomic E-state index is 0.268. The van der Waals surface area contributed by atoms with Crippen LogP contribution in [0.25, 0.3) is 0 Å². The Morgan fingerprint density at radius 2 is 1.69 bits per heavy atom. The minimum Gasteiger partial charge on any atom is -0.494 e. The first-order chi connectivity index (χ1) is 7.56. The first-order valence-electron chi connectivity index (χ1n) is 4.40. The molecule has 1 aromatic rings. The number of carbonyl (C=O) groups excluding carboxylic acids is 1. The van der Waals surface area contributed by atoms with Gasteiger partial charge in [0.25, 0.3) is 0 Å². The van der Waals surface area contributed by atoms with Crippen LogP contribution < -0.4 is 15.2 Å². The maximum atomic E-state index is 13.6. The van der Waals surface area contributed by atoms with Crippen molar-refractivity contribution in [1.82, 2.24) is 0 Å². The maximum Gasteiger partial charge on any atom is 0.182 e. The van der Waals surface area contributed by atoms with Crippen LogP contribution in [0.4, 0.5) is 8.78 Å². The molecular weight excluding hydrogens is 220 g/mol. The summed E-state index contributed by atoms with van der Waals surface area (Å²) in [6.07, 6.45) is 0. The topological polar surface area (TPSA) is 61.5 Å². The van der Waals surface area contributed by atoms with E-state index in [4.69, 9.17) is 5.73 Å². The van der Waals surface area contributed by atoms with Crippen molar-refractivity contribution in [3.8, 4) is 11.5 Å². The fraction of sp³-hybridized carbons (Fsp3) is 0.300. The Bertz CT molecular complexity index is 393. The molecule has 0 aliphatic carbocycles. The molecule has 88 valence electrons. The number of hydrogen-bond donors (Lipinski definition) is 1. The van der Waals surface area contributed by atoms with Gasteiger partial charge in [0, 0.05) is 6.07 Å². The summed E-state index contributed by atoms with van der Waals surface area (Å²) in [5.74, 6) is -3.54. The van der Waals surface area contributed by atoms with Gasteiger partial charge in [-0.25, -0.2) is 8.78 Å². The van der Waals surface area contributed by atoms with Gasteiger partial charge in [-0.2, -0.15) is 0 Å². The monoisotopic (exact) mass is 231 g/mol. The fourth-order valence-corrected chi connectivity index (χ4v) is 1.23. The van der Waals surface area contributed by atoms with Crippen molar-refractivity contribution in [3.05, 3.63) is 23.3 Å². The highest BCUT2D eigenvalue weighted by Gasteiger charge is 2.24. The molecule has 0 fully saturated rings. The first kappa shape index (κ1) is 12.4. The molecule has 2 N–H and O–H groups in total. The van der Waals surface area contributed by atoms with Gasteiger partial charge < -0.3 is 15.2 Å². The Labute approximate surface area is 91.0 Å². The van der Waals surface area contributed by atoms with Gasteiger partial charge in [-0.1, -0.05) is 0 Å². The molecule has 4 nitrogen and oxygen atoms in total. The van der Waals surface area contributed by atoms with E-state index < -0.39 is 29.5 Å². The minimum atomic E-state index is -1.07. The van der Waals surface area contributed by atoms with E-state index in [2.05, 4.69) is 9.47 Å². The van der Waals surface area contributed by atoms with Gasteiger partial charge in [-0.15, -0.1) is 0 Å². The highest BCUT2D eigenvalue weighted by atomic mass is 19.1.